The molecule has 1 fully saturated rings. The van der Waals surface area contributed by atoms with Gasteiger partial charge in [0.15, 0.2) is 0 Å². The first-order valence-corrected chi connectivity index (χ1v) is 4.81. The second-order valence-corrected chi connectivity index (χ2v) is 3.76. The molecule has 4 nitrogen and oxygen atoms in total. The van der Waals surface area contributed by atoms with Gasteiger partial charge in [-0.15, -0.1) is 0 Å². The van der Waals surface area contributed by atoms with Crippen LogP contribution in [0.25, 0.3) is 0 Å². The molecule has 0 aromatic heterocycles. The first-order valence-electron chi connectivity index (χ1n) is 4.81. The molecule has 1 unspecified atom stereocenters. The summed E-state index contributed by atoms with van der Waals surface area (Å²) in [5, 5.41) is 14.8. The first kappa shape index (κ1) is 10.5. The smallest absolute Gasteiger partial charge is 0.237 e. The van der Waals surface area contributed by atoms with Gasteiger partial charge in [-0.25, -0.2) is 0 Å². The van der Waals surface area contributed by atoms with Crippen LogP contribution in [-0.4, -0.2) is 35.7 Å². The fraction of sp³-hybridized carbons (Fsp3) is 0.889. The maximum atomic E-state index is 11.4. The van der Waals surface area contributed by atoms with Crippen LogP contribution in [0.4, 0.5) is 0 Å². The standard InChI is InChI=1S/C9H18N2O2/c1-6(12)5-10-7(2)9(13)11-8-3-4-8/h6-8,10,12H,3-5H2,1-2H3,(H,11,13)/t6-,7?/m1/s1. The van der Waals surface area contributed by atoms with Crippen LogP contribution in [0.3, 0.4) is 0 Å². The SMILES string of the molecule is CC(NC[C@@H](C)O)C(=O)NC1CC1. The molecule has 1 aliphatic carbocycles. The Hall–Kier alpha value is -0.610. The molecule has 0 heterocycles. The van der Waals surface area contributed by atoms with Crippen molar-refractivity contribution in [3.05, 3.63) is 0 Å². The van der Waals surface area contributed by atoms with Crippen molar-refractivity contribution in [2.24, 2.45) is 0 Å². The Bertz CT molecular complexity index is 178. The van der Waals surface area contributed by atoms with E-state index in [1.54, 1.807) is 13.8 Å². The normalized spacial score (nSPS) is 20.8. The number of hydrogen-bond acceptors (Lipinski definition) is 3. The Labute approximate surface area is 78.7 Å². The van der Waals surface area contributed by atoms with Gasteiger partial charge in [-0.2, -0.15) is 0 Å². The monoisotopic (exact) mass is 186 g/mol. The van der Waals surface area contributed by atoms with Crippen molar-refractivity contribution in [1.82, 2.24) is 10.6 Å². The summed E-state index contributed by atoms with van der Waals surface area (Å²) in [6, 6.07) is 0.193. The van der Waals surface area contributed by atoms with Crippen LogP contribution in [0.5, 0.6) is 0 Å². The molecule has 1 amide bonds. The van der Waals surface area contributed by atoms with E-state index in [2.05, 4.69) is 10.6 Å². The maximum Gasteiger partial charge on any atom is 0.237 e. The molecule has 0 aromatic carbocycles. The van der Waals surface area contributed by atoms with Crippen molar-refractivity contribution in [1.29, 1.82) is 0 Å². The van der Waals surface area contributed by atoms with Gasteiger partial charge < -0.3 is 15.7 Å². The van der Waals surface area contributed by atoms with Crippen LogP contribution >= 0.6 is 0 Å². The first-order chi connectivity index (χ1) is 6.09. The lowest BCUT2D eigenvalue weighted by atomic mass is 10.3. The second-order valence-electron chi connectivity index (χ2n) is 3.76. The van der Waals surface area contributed by atoms with Gasteiger partial charge in [0.2, 0.25) is 5.91 Å². The number of nitrogens with one attached hydrogen (secondary N) is 2. The number of aliphatic hydroxyl groups is 1. The highest BCUT2D eigenvalue weighted by atomic mass is 16.3. The van der Waals surface area contributed by atoms with E-state index in [1.807, 2.05) is 0 Å². The quantitative estimate of drug-likeness (QED) is 0.548. The topological polar surface area (TPSA) is 61.4 Å². The van der Waals surface area contributed by atoms with E-state index in [9.17, 15) is 4.79 Å². The minimum absolute atomic E-state index is 0.0307. The molecule has 4 heteroatoms. The summed E-state index contributed by atoms with van der Waals surface area (Å²) in [5.41, 5.74) is 0. The Morgan fingerprint density at radius 1 is 1.54 bits per heavy atom. The molecule has 13 heavy (non-hydrogen) atoms. The van der Waals surface area contributed by atoms with E-state index in [-0.39, 0.29) is 11.9 Å². The third-order valence-electron chi connectivity index (χ3n) is 2.04. The van der Waals surface area contributed by atoms with Gasteiger partial charge in [0.25, 0.3) is 0 Å². The summed E-state index contributed by atoms with van der Waals surface area (Å²) >= 11 is 0. The molecular formula is C9H18N2O2. The van der Waals surface area contributed by atoms with Crippen LogP contribution < -0.4 is 10.6 Å². The average Bonchev–Trinajstić information content (AvgIpc) is 2.83. The molecular weight excluding hydrogens is 168 g/mol. The fourth-order valence-corrected chi connectivity index (χ4v) is 0.994. The van der Waals surface area contributed by atoms with E-state index < -0.39 is 6.10 Å². The van der Waals surface area contributed by atoms with Crippen molar-refractivity contribution >= 4 is 5.91 Å². The van der Waals surface area contributed by atoms with Crippen LogP contribution in [0.15, 0.2) is 0 Å². The molecule has 0 aromatic rings. The number of carbonyl (C=O) groups excluding carboxylic acids is 1. The predicted octanol–water partition coefficient (Wildman–Crippen LogP) is -0.376. The summed E-state index contributed by atoms with van der Waals surface area (Å²) in [4.78, 5) is 11.4. The lowest BCUT2D eigenvalue weighted by Gasteiger charge is -2.14. The van der Waals surface area contributed by atoms with E-state index in [0.29, 0.717) is 12.6 Å². The third kappa shape index (κ3) is 4.24. The van der Waals surface area contributed by atoms with Crippen molar-refractivity contribution < 1.29 is 9.90 Å². The highest BCUT2D eigenvalue weighted by Gasteiger charge is 2.25. The van der Waals surface area contributed by atoms with Crippen LogP contribution in [-0.2, 0) is 4.79 Å². The molecule has 0 bridgehead atoms. The molecule has 3 N–H and O–H groups in total. The molecule has 0 saturated heterocycles. The molecule has 1 saturated carbocycles. The lowest BCUT2D eigenvalue weighted by molar-refractivity contribution is -0.122. The largest absolute Gasteiger partial charge is 0.392 e. The average molecular weight is 186 g/mol. The zero-order valence-electron chi connectivity index (χ0n) is 8.21. The Morgan fingerprint density at radius 2 is 2.15 bits per heavy atom. The van der Waals surface area contributed by atoms with Gasteiger partial charge in [-0.1, -0.05) is 0 Å². The van der Waals surface area contributed by atoms with E-state index in [4.69, 9.17) is 5.11 Å². The van der Waals surface area contributed by atoms with E-state index >= 15 is 0 Å². The summed E-state index contributed by atoms with van der Waals surface area (Å²) < 4.78 is 0. The number of aliphatic hydroxyl groups excluding tert-OH is 1. The predicted molar refractivity (Wildman–Crippen MR) is 50.3 cm³/mol. The van der Waals surface area contributed by atoms with Gasteiger partial charge >= 0.3 is 0 Å². The van der Waals surface area contributed by atoms with Crippen LogP contribution in [0, 0.1) is 0 Å². The van der Waals surface area contributed by atoms with Gasteiger partial charge in [0.1, 0.15) is 0 Å². The van der Waals surface area contributed by atoms with E-state index in [1.165, 1.54) is 0 Å². The minimum atomic E-state index is -0.406. The summed E-state index contributed by atoms with van der Waals surface area (Å²) in [6.07, 6.45) is 1.81. The number of rotatable bonds is 5. The van der Waals surface area contributed by atoms with Crippen molar-refractivity contribution in [3.8, 4) is 0 Å². The Morgan fingerprint density at radius 3 is 2.62 bits per heavy atom. The summed E-state index contributed by atoms with van der Waals surface area (Å²) in [6.45, 7) is 3.96. The van der Waals surface area contributed by atoms with Crippen molar-refractivity contribution in [2.45, 2.75) is 44.9 Å². The fourth-order valence-electron chi connectivity index (χ4n) is 0.994. The van der Waals surface area contributed by atoms with Crippen molar-refractivity contribution in [2.75, 3.05) is 6.54 Å². The molecule has 2 atom stereocenters. The number of amides is 1. The highest BCUT2D eigenvalue weighted by Crippen LogP contribution is 2.18. The van der Waals surface area contributed by atoms with Gasteiger partial charge in [0, 0.05) is 12.6 Å². The van der Waals surface area contributed by atoms with Crippen molar-refractivity contribution in [3.63, 3.8) is 0 Å². The lowest BCUT2D eigenvalue weighted by Crippen LogP contribution is -2.45. The molecule has 0 spiro atoms. The summed E-state index contributed by atoms with van der Waals surface area (Å²) in [5.74, 6) is 0.0307. The molecule has 76 valence electrons. The highest BCUT2D eigenvalue weighted by molar-refractivity contribution is 5.81. The molecule has 0 radical (unpaired) electrons. The molecule has 1 rings (SSSR count). The van der Waals surface area contributed by atoms with Gasteiger partial charge in [-0.05, 0) is 26.7 Å². The third-order valence-corrected chi connectivity index (χ3v) is 2.04. The second kappa shape index (κ2) is 4.58. The van der Waals surface area contributed by atoms with Gasteiger partial charge in [0.05, 0.1) is 12.1 Å². The number of carbonyl (C=O) groups is 1. The van der Waals surface area contributed by atoms with Crippen LogP contribution in [0.2, 0.25) is 0 Å². The Kier molecular flexibility index (Phi) is 3.69. The zero-order valence-corrected chi connectivity index (χ0v) is 8.21. The number of hydrogen-bond donors (Lipinski definition) is 3. The maximum absolute atomic E-state index is 11.4. The zero-order chi connectivity index (χ0) is 9.84. The molecule has 0 aliphatic heterocycles. The molecule has 1 aliphatic rings. The minimum Gasteiger partial charge on any atom is -0.392 e. The Balaban J connectivity index is 2.12. The van der Waals surface area contributed by atoms with Gasteiger partial charge in [-0.3, -0.25) is 4.79 Å². The van der Waals surface area contributed by atoms with E-state index in [0.717, 1.165) is 12.8 Å². The van der Waals surface area contributed by atoms with Crippen LogP contribution in [0.1, 0.15) is 26.7 Å². The summed E-state index contributed by atoms with van der Waals surface area (Å²) in [7, 11) is 0.